The van der Waals surface area contributed by atoms with E-state index in [1.807, 2.05) is 0 Å². The lowest BCUT2D eigenvalue weighted by molar-refractivity contribution is 0.671. The molecule has 4 heteroatoms. The molecular weight excluding hydrogens is 703 g/mol. The van der Waals surface area contributed by atoms with Gasteiger partial charge in [-0.2, -0.15) is 0 Å². The Hall–Kier alpha value is -7.56. The van der Waals surface area contributed by atoms with Crippen LogP contribution in [0.2, 0.25) is 0 Å². The summed E-state index contributed by atoms with van der Waals surface area (Å²) in [6.45, 7) is -0.00949. The second-order valence-electron chi connectivity index (χ2n) is 15.9. The number of furan rings is 1. The van der Waals surface area contributed by atoms with Crippen molar-refractivity contribution in [3.05, 3.63) is 188 Å². The highest BCUT2D eigenvalue weighted by atomic mass is 16.3. The zero-order chi connectivity index (χ0) is 37.6. The van der Waals surface area contributed by atoms with Gasteiger partial charge in [0.1, 0.15) is 5.58 Å². The van der Waals surface area contributed by atoms with E-state index in [-0.39, 0.29) is 6.71 Å². The van der Waals surface area contributed by atoms with Crippen molar-refractivity contribution in [3.63, 3.8) is 0 Å². The lowest BCUT2D eigenvalue weighted by Crippen LogP contribution is -2.59. The molecule has 0 bridgehead atoms. The van der Waals surface area contributed by atoms with Crippen LogP contribution in [0, 0.1) is 0 Å². The molecule has 0 saturated carbocycles. The fraction of sp³-hybridized carbons (Fsp3) is 0. The third kappa shape index (κ3) is 3.80. The van der Waals surface area contributed by atoms with Crippen molar-refractivity contribution in [3.8, 4) is 44.9 Å². The van der Waals surface area contributed by atoms with E-state index in [0.717, 1.165) is 27.5 Å². The fourth-order valence-electron chi connectivity index (χ4n) is 10.8. The molecule has 3 aromatic heterocycles. The van der Waals surface area contributed by atoms with Gasteiger partial charge in [0.25, 0.3) is 6.71 Å². The van der Waals surface area contributed by atoms with E-state index in [4.69, 9.17) is 4.42 Å². The molecule has 266 valence electrons. The SMILES string of the molecule is c1ccc(-c2cc3c4c(c2)-n2c5c(cccc5c5ccc6c7ccccc7oc6c52)B4c2c4ccccc4cc4c(-c5ccccc5)c(-c5ccccc5)n-3c24)cc1. The fourth-order valence-corrected chi connectivity index (χ4v) is 10.8. The van der Waals surface area contributed by atoms with Gasteiger partial charge in [-0.25, -0.2) is 0 Å². The van der Waals surface area contributed by atoms with E-state index in [0.29, 0.717) is 0 Å². The highest BCUT2D eigenvalue weighted by molar-refractivity contribution is 7.01. The van der Waals surface area contributed by atoms with E-state index < -0.39 is 0 Å². The molecule has 0 N–H and O–H groups in total. The molecule has 3 nitrogen and oxygen atoms in total. The molecule has 0 radical (unpaired) electrons. The number of nitrogens with zero attached hydrogens (tertiary/aromatic N) is 2. The summed E-state index contributed by atoms with van der Waals surface area (Å²) in [6, 6.07) is 69.3. The van der Waals surface area contributed by atoms with E-state index in [9.17, 15) is 0 Å². The first kappa shape index (κ1) is 30.6. The third-order valence-corrected chi connectivity index (χ3v) is 13.1. The number of hydrogen-bond donors (Lipinski definition) is 0. The van der Waals surface area contributed by atoms with Crippen molar-refractivity contribution in [2.24, 2.45) is 0 Å². The van der Waals surface area contributed by atoms with Crippen LogP contribution in [0.4, 0.5) is 0 Å². The average Bonchev–Trinajstić information content (AvgIpc) is 3.96. The van der Waals surface area contributed by atoms with Crippen LogP contribution >= 0.6 is 0 Å². The smallest absolute Gasteiger partial charge is 0.253 e. The topological polar surface area (TPSA) is 23.0 Å². The van der Waals surface area contributed by atoms with Crippen LogP contribution < -0.4 is 16.4 Å². The van der Waals surface area contributed by atoms with Crippen molar-refractivity contribution in [2.75, 3.05) is 0 Å². The van der Waals surface area contributed by atoms with Crippen LogP contribution in [0.5, 0.6) is 0 Å². The van der Waals surface area contributed by atoms with E-state index in [2.05, 4.69) is 197 Å². The van der Waals surface area contributed by atoms with Gasteiger partial charge in [-0.1, -0.05) is 158 Å². The zero-order valence-electron chi connectivity index (χ0n) is 31.3. The van der Waals surface area contributed by atoms with E-state index in [1.165, 1.54) is 99.2 Å². The van der Waals surface area contributed by atoms with Crippen LogP contribution in [0.15, 0.2) is 192 Å². The number of fused-ring (bicyclic) bond motifs is 13. The molecule has 2 aliphatic heterocycles. The number of hydrogen-bond acceptors (Lipinski definition) is 1. The lowest BCUT2D eigenvalue weighted by Gasteiger charge is -2.35. The Kier molecular flexibility index (Phi) is 5.84. The molecule has 58 heavy (non-hydrogen) atoms. The predicted octanol–water partition coefficient (Wildman–Crippen LogP) is 11.9. The number of para-hydroxylation sites is 2. The summed E-state index contributed by atoms with van der Waals surface area (Å²) in [5, 5.41) is 8.57. The Morgan fingerprint density at radius 3 is 1.79 bits per heavy atom. The summed E-state index contributed by atoms with van der Waals surface area (Å²) in [5.74, 6) is 0. The van der Waals surface area contributed by atoms with Crippen molar-refractivity contribution in [1.29, 1.82) is 0 Å². The van der Waals surface area contributed by atoms with Gasteiger partial charge >= 0.3 is 0 Å². The Bertz CT molecular complexity index is 3720. The van der Waals surface area contributed by atoms with Crippen LogP contribution in [0.25, 0.3) is 110 Å². The van der Waals surface area contributed by atoms with Gasteiger partial charge in [-0.3, -0.25) is 0 Å². The summed E-state index contributed by atoms with van der Waals surface area (Å²) in [7, 11) is 0. The van der Waals surface area contributed by atoms with Crippen molar-refractivity contribution >= 4 is 88.5 Å². The second kappa shape index (κ2) is 11.1. The first-order valence-corrected chi connectivity index (χ1v) is 20.1. The van der Waals surface area contributed by atoms with Crippen molar-refractivity contribution in [1.82, 2.24) is 9.13 Å². The van der Waals surface area contributed by atoms with E-state index >= 15 is 0 Å². The van der Waals surface area contributed by atoms with E-state index in [1.54, 1.807) is 0 Å². The van der Waals surface area contributed by atoms with Crippen LogP contribution in [-0.4, -0.2) is 15.8 Å². The van der Waals surface area contributed by atoms with Crippen molar-refractivity contribution < 1.29 is 4.42 Å². The Morgan fingerprint density at radius 2 is 1.00 bits per heavy atom. The number of aromatic nitrogens is 2. The lowest BCUT2D eigenvalue weighted by atomic mass is 9.33. The van der Waals surface area contributed by atoms with Crippen LogP contribution in [0.1, 0.15) is 0 Å². The highest BCUT2D eigenvalue weighted by Gasteiger charge is 2.43. The summed E-state index contributed by atoms with van der Waals surface area (Å²) in [6.07, 6.45) is 0. The Balaban J connectivity index is 1.26. The molecule has 2 aliphatic rings. The maximum atomic E-state index is 6.89. The van der Waals surface area contributed by atoms with Crippen molar-refractivity contribution in [2.45, 2.75) is 0 Å². The third-order valence-electron chi connectivity index (χ3n) is 13.1. The highest BCUT2D eigenvalue weighted by Crippen LogP contribution is 2.48. The van der Waals surface area contributed by atoms with Gasteiger partial charge in [-0.05, 0) is 79.7 Å². The molecule has 0 aliphatic carbocycles. The molecule has 0 saturated heterocycles. The van der Waals surface area contributed by atoms with Gasteiger partial charge in [0.2, 0.25) is 0 Å². The molecule has 5 heterocycles. The first-order chi connectivity index (χ1) is 28.8. The maximum absolute atomic E-state index is 6.89. The van der Waals surface area contributed by atoms with Gasteiger partial charge in [0, 0.05) is 49.4 Å². The maximum Gasteiger partial charge on any atom is 0.253 e. The number of benzene rings is 9. The Morgan fingerprint density at radius 1 is 0.379 bits per heavy atom. The summed E-state index contributed by atoms with van der Waals surface area (Å²) < 4.78 is 12.1. The minimum Gasteiger partial charge on any atom is -0.454 e. The van der Waals surface area contributed by atoms with Gasteiger partial charge in [0.15, 0.2) is 5.58 Å². The standard InChI is InChI=1S/C54H31BN2O/c1-4-15-32(16-5-1)36-30-44-49-45(31-36)57-51-39(40-27-28-41-38-23-12-13-26-46(38)58-54(41)53(40)57)24-14-25-43(51)55(49)48-37-22-11-10-21-35(37)29-42-47(33-17-6-2-7-18-33)50(56(44)52(42)48)34-19-8-3-9-20-34/h1-31H. The normalized spacial score (nSPS) is 12.8. The minimum absolute atomic E-state index is 0.00949. The zero-order valence-corrected chi connectivity index (χ0v) is 31.3. The van der Waals surface area contributed by atoms with Gasteiger partial charge in [-0.15, -0.1) is 0 Å². The average molecular weight is 735 g/mol. The van der Waals surface area contributed by atoms with Crippen LogP contribution in [0.3, 0.4) is 0 Å². The monoisotopic (exact) mass is 734 g/mol. The summed E-state index contributed by atoms with van der Waals surface area (Å²) in [5.41, 5.74) is 19.2. The molecule has 0 spiro atoms. The molecular formula is C54H31BN2O. The second-order valence-corrected chi connectivity index (χ2v) is 15.9. The minimum atomic E-state index is -0.00949. The molecule has 0 atom stereocenters. The molecule has 12 aromatic rings. The summed E-state index contributed by atoms with van der Waals surface area (Å²) in [4.78, 5) is 0. The number of rotatable bonds is 3. The van der Waals surface area contributed by atoms with Gasteiger partial charge in [0.05, 0.1) is 16.7 Å². The quantitative estimate of drug-likeness (QED) is 0.166. The summed E-state index contributed by atoms with van der Waals surface area (Å²) >= 11 is 0. The molecule has 0 unspecified atom stereocenters. The Labute approximate surface area is 333 Å². The molecule has 0 fully saturated rings. The molecule has 9 aromatic carbocycles. The van der Waals surface area contributed by atoms with Crippen LogP contribution in [-0.2, 0) is 0 Å². The predicted molar refractivity (Wildman–Crippen MR) is 243 cm³/mol. The first-order valence-electron chi connectivity index (χ1n) is 20.1. The van der Waals surface area contributed by atoms with Gasteiger partial charge < -0.3 is 13.6 Å². The molecule has 0 amide bonds. The largest absolute Gasteiger partial charge is 0.454 e. The molecule has 14 rings (SSSR count).